The van der Waals surface area contributed by atoms with Gasteiger partial charge in [-0.05, 0) is 58.8 Å². The molecule has 1 spiro atoms. The maximum absolute atomic E-state index is 13.1. The fourth-order valence-corrected chi connectivity index (χ4v) is 6.16. The lowest BCUT2D eigenvalue weighted by Gasteiger charge is -2.42. The van der Waals surface area contributed by atoms with Crippen LogP contribution in [0.1, 0.15) is 79.6 Å². The van der Waals surface area contributed by atoms with Crippen molar-refractivity contribution in [2.24, 2.45) is 11.8 Å². The number of methoxy groups -OCH3 is 1. The van der Waals surface area contributed by atoms with Gasteiger partial charge in [-0.1, -0.05) is 38.3 Å². The highest BCUT2D eigenvalue weighted by molar-refractivity contribution is 5.77. The van der Waals surface area contributed by atoms with Crippen molar-refractivity contribution in [3.63, 3.8) is 0 Å². The first kappa shape index (κ1) is 36.0. The summed E-state index contributed by atoms with van der Waals surface area (Å²) in [5.74, 6) is -0.461. The molecule has 3 rings (SSSR count). The Balaban J connectivity index is 1.40. The molecule has 0 aromatic carbocycles. The zero-order chi connectivity index (χ0) is 32.3. The number of rotatable bonds is 18. The third-order valence-electron chi connectivity index (χ3n) is 8.92. The summed E-state index contributed by atoms with van der Waals surface area (Å²) < 4.78 is 41.4. The predicted octanol–water partition coefficient (Wildman–Crippen LogP) is 3.69. The number of allylic oxidation sites excluding steroid dienone is 1. The summed E-state index contributed by atoms with van der Waals surface area (Å²) in [6, 6.07) is -0.438. The van der Waals surface area contributed by atoms with Gasteiger partial charge in [-0.25, -0.2) is 9.59 Å². The summed E-state index contributed by atoms with van der Waals surface area (Å²) in [6.07, 6.45) is 5.71. The molecular formula is C31H53FN4O8. The number of carbonyl (C=O) groups excluding carboxylic acids is 3. The standard InChI is InChI=1S/C31H53FN4O8/c1-20(2)11-12-24-30(5,44-24)27-26(40-6)23(13-14-31(27)19-42-31)43-29(39)36-22(21(3)4)18-41-28(38)34-16-10-8-7-9-15-33-25(37)17-35-32/h11,21-24,26-27,35H,7-10,12-19H2,1-6H3,(H,33,37)(H,34,38)(H,36,39)/t22-,23?,24+,26?,27?,30?,31-/m0/s1. The molecule has 13 heteroatoms. The lowest BCUT2D eigenvalue weighted by Crippen LogP contribution is -2.56. The third kappa shape index (κ3) is 10.3. The molecule has 2 saturated heterocycles. The maximum atomic E-state index is 13.1. The van der Waals surface area contributed by atoms with E-state index in [1.165, 1.54) is 11.1 Å². The van der Waals surface area contributed by atoms with Gasteiger partial charge in [0, 0.05) is 20.2 Å². The Morgan fingerprint density at radius 2 is 1.75 bits per heavy atom. The molecule has 2 heterocycles. The highest BCUT2D eigenvalue weighted by atomic mass is 19.2. The van der Waals surface area contributed by atoms with E-state index in [1.807, 2.05) is 13.8 Å². The number of ether oxygens (including phenoxy) is 5. The number of carbonyl (C=O) groups is 3. The van der Waals surface area contributed by atoms with E-state index in [1.54, 1.807) is 7.11 Å². The zero-order valence-corrected chi connectivity index (χ0v) is 27.2. The molecule has 3 aliphatic rings. The Kier molecular flexibility index (Phi) is 13.7. The van der Waals surface area contributed by atoms with Gasteiger partial charge in [0.25, 0.3) is 0 Å². The molecule has 4 unspecified atom stereocenters. The second-order valence-electron chi connectivity index (χ2n) is 12.9. The summed E-state index contributed by atoms with van der Waals surface area (Å²) in [5, 5.41) is 8.21. The quantitative estimate of drug-likeness (QED) is 0.0771. The zero-order valence-electron chi connectivity index (χ0n) is 27.2. The second kappa shape index (κ2) is 16.7. The molecule has 2 aliphatic heterocycles. The van der Waals surface area contributed by atoms with Gasteiger partial charge in [-0.2, -0.15) is 0 Å². The third-order valence-corrected chi connectivity index (χ3v) is 8.92. The normalized spacial score (nSPS) is 29.5. The molecular weight excluding hydrogens is 575 g/mol. The average molecular weight is 629 g/mol. The Morgan fingerprint density at radius 1 is 1.07 bits per heavy atom. The van der Waals surface area contributed by atoms with Crippen molar-refractivity contribution in [1.29, 1.82) is 0 Å². The summed E-state index contributed by atoms with van der Waals surface area (Å²) in [7, 11) is 1.64. The van der Waals surface area contributed by atoms with E-state index in [-0.39, 0.29) is 48.7 Å². The van der Waals surface area contributed by atoms with E-state index in [0.717, 1.165) is 38.5 Å². The number of unbranched alkanes of at least 4 members (excludes halogenated alkanes) is 3. The van der Waals surface area contributed by atoms with E-state index in [2.05, 4.69) is 42.8 Å². The molecule has 1 saturated carbocycles. The van der Waals surface area contributed by atoms with Crippen LogP contribution >= 0.6 is 0 Å². The fourth-order valence-electron chi connectivity index (χ4n) is 6.16. The van der Waals surface area contributed by atoms with E-state index < -0.39 is 29.9 Å². The van der Waals surface area contributed by atoms with E-state index in [0.29, 0.717) is 26.1 Å². The van der Waals surface area contributed by atoms with Crippen molar-refractivity contribution in [2.75, 3.05) is 40.0 Å². The van der Waals surface area contributed by atoms with Gasteiger partial charge < -0.3 is 39.6 Å². The summed E-state index contributed by atoms with van der Waals surface area (Å²) in [4.78, 5) is 36.5. The molecule has 4 N–H and O–H groups in total. The van der Waals surface area contributed by atoms with Gasteiger partial charge in [0.15, 0.2) is 0 Å². The predicted molar refractivity (Wildman–Crippen MR) is 161 cm³/mol. The van der Waals surface area contributed by atoms with Crippen LogP contribution in [0.4, 0.5) is 14.1 Å². The van der Waals surface area contributed by atoms with Gasteiger partial charge >= 0.3 is 12.2 Å². The van der Waals surface area contributed by atoms with Crippen LogP contribution in [0.15, 0.2) is 11.6 Å². The Bertz CT molecular complexity index is 990. The molecule has 0 aromatic rings. The number of alkyl carbamates (subject to hydrolysis) is 2. The first-order valence-electron chi connectivity index (χ1n) is 15.9. The van der Waals surface area contributed by atoms with Crippen molar-refractivity contribution in [3.05, 3.63) is 11.6 Å². The number of hydrogen-bond donors (Lipinski definition) is 4. The Hall–Kier alpha value is -2.48. The smallest absolute Gasteiger partial charge is 0.407 e. The van der Waals surface area contributed by atoms with Gasteiger partial charge in [-0.3, -0.25) is 4.79 Å². The highest BCUT2D eigenvalue weighted by Gasteiger charge is 2.72. The minimum atomic E-state index is -0.578. The van der Waals surface area contributed by atoms with Crippen LogP contribution in [0.25, 0.3) is 0 Å². The molecule has 252 valence electrons. The monoisotopic (exact) mass is 628 g/mol. The van der Waals surface area contributed by atoms with Crippen LogP contribution in [0.5, 0.6) is 0 Å². The molecule has 1 aliphatic carbocycles. The minimum Gasteiger partial charge on any atom is -0.447 e. The fraction of sp³-hybridized carbons (Fsp3) is 0.839. The lowest BCUT2D eigenvalue weighted by atomic mass is 9.68. The number of halogens is 1. The van der Waals surface area contributed by atoms with E-state index >= 15 is 0 Å². The molecule has 0 aromatic heterocycles. The van der Waals surface area contributed by atoms with Crippen LogP contribution in [0.3, 0.4) is 0 Å². The molecule has 44 heavy (non-hydrogen) atoms. The van der Waals surface area contributed by atoms with Gasteiger partial charge in [0.1, 0.15) is 36.6 Å². The molecule has 0 radical (unpaired) electrons. The summed E-state index contributed by atoms with van der Waals surface area (Å²) in [5.41, 5.74) is 1.83. The second-order valence-corrected chi connectivity index (χ2v) is 12.9. The van der Waals surface area contributed by atoms with Crippen molar-refractivity contribution >= 4 is 18.1 Å². The van der Waals surface area contributed by atoms with Crippen LogP contribution < -0.4 is 21.5 Å². The van der Waals surface area contributed by atoms with Crippen LogP contribution in [-0.2, 0) is 28.5 Å². The Morgan fingerprint density at radius 3 is 2.34 bits per heavy atom. The van der Waals surface area contributed by atoms with Crippen molar-refractivity contribution in [2.45, 2.75) is 115 Å². The van der Waals surface area contributed by atoms with E-state index in [4.69, 9.17) is 23.7 Å². The SMILES string of the molecule is COC1C(OC(=O)N[C@@H](COC(=O)NCCCCCCNC(=O)CNF)C(C)C)CC[C@]2(CO2)C1C1(C)O[C@@H]1CC=C(C)C. The number of epoxide rings is 2. The van der Waals surface area contributed by atoms with Gasteiger partial charge in [0.05, 0.1) is 24.7 Å². The number of hydrogen-bond acceptors (Lipinski definition) is 9. The van der Waals surface area contributed by atoms with Gasteiger partial charge in [0.2, 0.25) is 5.91 Å². The van der Waals surface area contributed by atoms with Crippen molar-refractivity contribution in [3.8, 4) is 0 Å². The number of nitrogens with one attached hydrogen (secondary N) is 4. The van der Waals surface area contributed by atoms with Crippen LogP contribution in [0, 0.1) is 11.8 Å². The average Bonchev–Trinajstić information content (AvgIpc) is 3.88. The largest absolute Gasteiger partial charge is 0.447 e. The molecule has 12 nitrogen and oxygen atoms in total. The highest BCUT2D eigenvalue weighted by Crippen LogP contribution is 2.59. The lowest BCUT2D eigenvalue weighted by molar-refractivity contribution is -0.120. The molecule has 0 bridgehead atoms. The van der Waals surface area contributed by atoms with Crippen LogP contribution in [-0.4, -0.2) is 93.6 Å². The molecule has 7 atom stereocenters. The van der Waals surface area contributed by atoms with Crippen LogP contribution in [0.2, 0.25) is 0 Å². The first-order valence-corrected chi connectivity index (χ1v) is 15.9. The molecule has 3 amide bonds. The number of amides is 3. The van der Waals surface area contributed by atoms with Gasteiger partial charge in [-0.15, -0.1) is 10.0 Å². The summed E-state index contributed by atoms with van der Waals surface area (Å²) >= 11 is 0. The Labute approximate surface area is 260 Å². The van der Waals surface area contributed by atoms with Crippen molar-refractivity contribution in [1.82, 2.24) is 21.5 Å². The topological polar surface area (TPSA) is 152 Å². The minimum absolute atomic E-state index is 0.00192. The summed E-state index contributed by atoms with van der Waals surface area (Å²) in [6.45, 7) is 11.4. The van der Waals surface area contributed by atoms with E-state index in [9.17, 15) is 18.9 Å². The van der Waals surface area contributed by atoms with Crippen molar-refractivity contribution < 1.29 is 42.5 Å². The maximum Gasteiger partial charge on any atom is 0.407 e. The first-order chi connectivity index (χ1) is 21.0. The molecule has 3 fully saturated rings.